The number of ether oxygens (including phenoxy) is 1. The van der Waals surface area contributed by atoms with Gasteiger partial charge in [0.2, 0.25) is 0 Å². The van der Waals surface area contributed by atoms with E-state index < -0.39 is 0 Å². The van der Waals surface area contributed by atoms with Crippen LogP contribution < -0.4 is 10.6 Å². The normalized spacial score (nSPS) is 19.3. The number of anilines is 1. The number of carbonyl (C=O) groups excluding carboxylic acids is 1. The number of rotatable bonds is 4. The summed E-state index contributed by atoms with van der Waals surface area (Å²) < 4.78 is 5.58. The van der Waals surface area contributed by atoms with Crippen LogP contribution in [0.15, 0.2) is 24.3 Å². The lowest BCUT2D eigenvalue weighted by molar-refractivity contribution is 0.0169. The van der Waals surface area contributed by atoms with Gasteiger partial charge in [-0.15, -0.1) is 0 Å². The lowest BCUT2D eigenvalue weighted by atomic mass is 10.1. The van der Waals surface area contributed by atoms with Crippen LogP contribution in [-0.4, -0.2) is 32.2 Å². The molecule has 0 aromatic heterocycles. The number of hydrogen-bond donors (Lipinski definition) is 2. The molecule has 1 unspecified atom stereocenters. The molecule has 1 aliphatic heterocycles. The fourth-order valence-electron chi connectivity index (χ4n) is 2.07. The molecule has 1 aromatic rings. The third-order valence-corrected chi connectivity index (χ3v) is 3.20. The first-order valence-corrected chi connectivity index (χ1v) is 6.47. The summed E-state index contributed by atoms with van der Waals surface area (Å²) in [6.07, 6.45) is 3.55. The zero-order valence-electron chi connectivity index (χ0n) is 10.7. The third kappa shape index (κ3) is 3.47. The van der Waals surface area contributed by atoms with E-state index in [0.29, 0.717) is 12.1 Å². The summed E-state index contributed by atoms with van der Waals surface area (Å²) in [4.78, 5) is 11.9. The molecule has 1 heterocycles. The number of carbonyl (C=O) groups is 1. The third-order valence-electron chi connectivity index (χ3n) is 3.20. The summed E-state index contributed by atoms with van der Waals surface area (Å²) >= 11 is 0. The van der Waals surface area contributed by atoms with Crippen LogP contribution in [0, 0.1) is 0 Å². The van der Waals surface area contributed by atoms with E-state index in [2.05, 4.69) is 10.6 Å². The quantitative estimate of drug-likeness (QED) is 0.857. The van der Waals surface area contributed by atoms with E-state index in [9.17, 15) is 4.79 Å². The minimum atomic E-state index is -0.0353. The van der Waals surface area contributed by atoms with Gasteiger partial charge in [-0.2, -0.15) is 0 Å². The van der Waals surface area contributed by atoms with Gasteiger partial charge >= 0.3 is 0 Å². The summed E-state index contributed by atoms with van der Waals surface area (Å²) in [6.45, 7) is 1.42. The van der Waals surface area contributed by atoms with Crippen molar-refractivity contribution in [1.29, 1.82) is 0 Å². The molecule has 18 heavy (non-hydrogen) atoms. The lowest BCUT2D eigenvalue weighted by Gasteiger charge is -2.22. The Balaban J connectivity index is 1.82. The highest BCUT2D eigenvalue weighted by Gasteiger charge is 2.15. The van der Waals surface area contributed by atoms with E-state index in [1.165, 1.54) is 6.42 Å². The van der Waals surface area contributed by atoms with Crippen LogP contribution in [-0.2, 0) is 4.74 Å². The fourth-order valence-corrected chi connectivity index (χ4v) is 2.07. The summed E-state index contributed by atoms with van der Waals surface area (Å²) in [5.41, 5.74) is 1.69. The summed E-state index contributed by atoms with van der Waals surface area (Å²) in [5, 5.41) is 5.95. The fraction of sp³-hybridized carbons (Fsp3) is 0.500. The van der Waals surface area contributed by atoms with Crippen LogP contribution >= 0.6 is 0 Å². The minimum absolute atomic E-state index is 0.0353. The predicted molar refractivity (Wildman–Crippen MR) is 71.9 cm³/mol. The molecule has 1 saturated heterocycles. The van der Waals surface area contributed by atoms with Crippen molar-refractivity contribution in [2.24, 2.45) is 0 Å². The Morgan fingerprint density at radius 3 is 2.72 bits per heavy atom. The number of nitrogens with one attached hydrogen (secondary N) is 2. The van der Waals surface area contributed by atoms with E-state index >= 15 is 0 Å². The zero-order valence-corrected chi connectivity index (χ0v) is 10.7. The van der Waals surface area contributed by atoms with Gasteiger partial charge in [0.25, 0.3) is 5.91 Å². The molecule has 2 rings (SSSR count). The van der Waals surface area contributed by atoms with Crippen molar-refractivity contribution in [3.8, 4) is 0 Å². The largest absolute Gasteiger partial charge is 0.388 e. The van der Waals surface area contributed by atoms with Crippen molar-refractivity contribution < 1.29 is 9.53 Å². The lowest BCUT2D eigenvalue weighted by Crippen LogP contribution is -2.35. The molecule has 2 N–H and O–H groups in total. The average Bonchev–Trinajstić information content (AvgIpc) is 2.46. The van der Waals surface area contributed by atoms with Crippen molar-refractivity contribution >= 4 is 11.6 Å². The Morgan fingerprint density at radius 1 is 1.33 bits per heavy atom. The van der Waals surface area contributed by atoms with Crippen molar-refractivity contribution in [2.75, 3.05) is 25.5 Å². The molecule has 0 bridgehead atoms. The van der Waals surface area contributed by atoms with Gasteiger partial charge in [-0.25, -0.2) is 0 Å². The van der Waals surface area contributed by atoms with Crippen LogP contribution in [0.2, 0.25) is 0 Å². The van der Waals surface area contributed by atoms with Gasteiger partial charge < -0.3 is 15.4 Å². The SMILES string of the molecule is CNc1ccc(C(=O)NCC2CCCCO2)cc1. The number of amides is 1. The summed E-state index contributed by atoms with van der Waals surface area (Å²) in [6, 6.07) is 7.43. The molecule has 0 radical (unpaired) electrons. The van der Waals surface area contributed by atoms with Crippen LogP contribution in [0.4, 0.5) is 5.69 Å². The molecular formula is C14H20N2O2. The Morgan fingerprint density at radius 2 is 2.11 bits per heavy atom. The molecule has 4 nitrogen and oxygen atoms in total. The molecule has 1 aromatic carbocycles. The molecule has 0 saturated carbocycles. The highest BCUT2D eigenvalue weighted by molar-refractivity contribution is 5.94. The standard InChI is InChI=1S/C14H20N2O2/c1-15-12-7-5-11(6-8-12)14(17)16-10-13-4-2-3-9-18-13/h5-8,13,15H,2-4,9-10H2,1H3,(H,16,17). The number of benzene rings is 1. The second kappa shape index (κ2) is 6.40. The molecule has 1 aliphatic rings. The van der Waals surface area contributed by atoms with Crippen molar-refractivity contribution in [2.45, 2.75) is 25.4 Å². The molecule has 0 aliphatic carbocycles. The maximum atomic E-state index is 11.9. The van der Waals surface area contributed by atoms with Gasteiger partial charge in [-0.1, -0.05) is 0 Å². The highest BCUT2D eigenvalue weighted by Crippen LogP contribution is 2.12. The molecule has 98 valence electrons. The maximum Gasteiger partial charge on any atom is 0.251 e. The Kier molecular flexibility index (Phi) is 4.59. The van der Waals surface area contributed by atoms with Crippen LogP contribution in [0.3, 0.4) is 0 Å². The first-order valence-electron chi connectivity index (χ1n) is 6.47. The molecule has 1 atom stereocenters. The van der Waals surface area contributed by atoms with E-state index in [1.54, 1.807) is 0 Å². The Bertz CT molecular complexity index is 383. The highest BCUT2D eigenvalue weighted by atomic mass is 16.5. The van der Waals surface area contributed by atoms with Crippen LogP contribution in [0.25, 0.3) is 0 Å². The Hall–Kier alpha value is -1.55. The van der Waals surface area contributed by atoms with E-state index in [-0.39, 0.29) is 12.0 Å². The monoisotopic (exact) mass is 248 g/mol. The van der Waals surface area contributed by atoms with E-state index in [4.69, 9.17) is 4.74 Å². The smallest absolute Gasteiger partial charge is 0.251 e. The first kappa shape index (κ1) is 12.9. The summed E-state index contributed by atoms with van der Waals surface area (Å²) in [5.74, 6) is -0.0353. The minimum Gasteiger partial charge on any atom is -0.388 e. The van der Waals surface area contributed by atoms with Gasteiger partial charge in [0.1, 0.15) is 0 Å². The topological polar surface area (TPSA) is 50.4 Å². The van der Waals surface area contributed by atoms with Crippen molar-refractivity contribution in [3.05, 3.63) is 29.8 Å². The first-order chi connectivity index (χ1) is 8.79. The van der Waals surface area contributed by atoms with Crippen LogP contribution in [0.5, 0.6) is 0 Å². The molecule has 0 spiro atoms. The van der Waals surface area contributed by atoms with Crippen molar-refractivity contribution in [3.63, 3.8) is 0 Å². The van der Waals surface area contributed by atoms with Gasteiger partial charge in [0.15, 0.2) is 0 Å². The van der Waals surface area contributed by atoms with E-state index in [0.717, 1.165) is 25.1 Å². The molecule has 1 fully saturated rings. The summed E-state index contributed by atoms with van der Waals surface area (Å²) in [7, 11) is 1.86. The van der Waals surface area contributed by atoms with Gasteiger partial charge in [0.05, 0.1) is 6.10 Å². The molecule has 1 amide bonds. The van der Waals surface area contributed by atoms with Crippen LogP contribution in [0.1, 0.15) is 29.6 Å². The zero-order chi connectivity index (χ0) is 12.8. The van der Waals surface area contributed by atoms with Gasteiger partial charge in [-0.3, -0.25) is 4.79 Å². The van der Waals surface area contributed by atoms with Gasteiger partial charge in [0, 0.05) is 31.5 Å². The predicted octanol–water partition coefficient (Wildman–Crippen LogP) is 2.03. The second-order valence-corrected chi connectivity index (χ2v) is 4.53. The van der Waals surface area contributed by atoms with E-state index in [1.807, 2.05) is 31.3 Å². The molecule has 4 heteroatoms. The van der Waals surface area contributed by atoms with Gasteiger partial charge in [-0.05, 0) is 43.5 Å². The molecular weight excluding hydrogens is 228 g/mol. The average molecular weight is 248 g/mol. The Labute approximate surface area is 108 Å². The van der Waals surface area contributed by atoms with Crippen molar-refractivity contribution in [1.82, 2.24) is 5.32 Å². The maximum absolute atomic E-state index is 11.9. The number of hydrogen-bond acceptors (Lipinski definition) is 3. The second-order valence-electron chi connectivity index (χ2n) is 4.53.